The van der Waals surface area contributed by atoms with E-state index in [0.717, 1.165) is 11.1 Å². The van der Waals surface area contributed by atoms with Crippen LogP contribution in [0.1, 0.15) is 18.2 Å². The van der Waals surface area contributed by atoms with Gasteiger partial charge in [0.1, 0.15) is 5.69 Å². The van der Waals surface area contributed by atoms with Gasteiger partial charge in [0.2, 0.25) is 5.95 Å². The maximum absolute atomic E-state index is 11.3. The Bertz CT molecular complexity index is 688. The SMILES string of the molecule is CC(/C=N/Nc1nnc(C)c(=O)[nH]1)=C\c1ccccc1. The second kappa shape index (κ2) is 6.42. The number of allylic oxidation sites excluding steroid dienone is 1. The van der Waals surface area contributed by atoms with Gasteiger partial charge in [-0.05, 0) is 25.0 Å². The number of benzene rings is 1. The van der Waals surface area contributed by atoms with Gasteiger partial charge in [0, 0.05) is 0 Å². The fourth-order valence-electron chi connectivity index (χ4n) is 1.49. The van der Waals surface area contributed by atoms with Crippen LogP contribution in [0, 0.1) is 6.92 Å². The maximum atomic E-state index is 11.3. The molecule has 20 heavy (non-hydrogen) atoms. The molecule has 2 N–H and O–H groups in total. The van der Waals surface area contributed by atoms with Crippen molar-refractivity contribution in [1.82, 2.24) is 15.2 Å². The lowest BCUT2D eigenvalue weighted by Crippen LogP contribution is -2.15. The number of hydrogen-bond acceptors (Lipinski definition) is 5. The Hall–Kier alpha value is -2.76. The molecule has 1 aromatic heterocycles. The molecule has 1 heterocycles. The van der Waals surface area contributed by atoms with Crippen LogP contribution in [0.2, 0.25) is 0 Å². The predicted octanol–water partition coefficient (Wildman–Crippen LogP) is 1.97. The molecule has 0 spiro atoms. The number of hydrazone groups is 1. The van der Waals surface area contributed by atoms with Crippen LogP contribution in [0.5, 0.6) is 0 Å². The first kappa shape index (κ1) is 13.7. The molecule has 102 valence electrons. The lowest BCUT2D eigenvalue weighted by atomic mass is 10.1. The largest absolute Gasteiger partial charge is 0.288 e. The van der Waals surface area contributed by atoms with Crippen molar-refractivity contribution in [3.63, 3.8) is 0 Å². The summed E-state index contributed by atoms with van der Waals surface area (Å²) in [6.45, 7) is 3.52. The minimum absolute atomic E-state index is 0.212. The molecule has 0 fully saturated rings. The van der Waals surface area contributed by atoms with E-state index < -0.39 is 0 Å². The molecule has 0 amide bonds. The summed E-state index contributed by atoms with van der Waals surface area (Å²) in [6.07, 6.45) is 3.64. The van der Waals surface area contributed by atoms with Gasteiger partial charge in [0.15, 0.2) is 0 Å². The third kappa shape index (κ3) is 3.88. The van der Waals surface area contributed by atoms with Gasteiger partial charge in [-0.3, -0.25) is 9.78 Å². The zero-order chi connectivity index (χ0) is 14.4. The Morgan fingerprint density at radius 1 is 1.30 bits per heavy atom. The van der Waals surface area contributed by atoms with Crippen LogP contribution in [0.25, 0.3) is 6.08 Å². The Balaban J connectivity index is 2.01. The summed E-state index contributed by atoms with van der Waals surface area (Å²) in [4.78, 5) is 13.8. The Morgan fingerprint density at radius 2 is 2.05 bits per heavy atom. The van der Waals surface area contributed by atoms with E-state index in [2.05, 4.69) is 25.7 Å². The van der Waals surface area contributed by atoms with Crippen LogP contribution in [0.4, 0.5) is 5.95 Å². The molecule has 0 saturated heterocycles. The maximum Gasteiger partial charge on any atom is 0.274 e. The molecular formula is C14H15N5O. The molecule has 0 aliphatic rings. The number of rotatable bonds is 4. The highest BCUT2D eigenvalue weighted by atomic mass is 16.1. The summed E-state index contributed by atoms with van der Waals surface area (Å²) in [5.41, 5.74) is 4.73. The normalized spacial score (nSPS) is 11.8. The van der Waals surface area contributed by atoms with Crippen LogP contribution in [-0.2, 0) is 0 Å². The van der Waals surface area contributed by atoms with Crippen LogP contribution in [0.15, 0.2) is 45.8 Å². The third-order valence-electron chi connectivity index (χ3n) is 2.49. The number of H-pyrrole nitrogens is 1. The summed E-state index contributed by atoms with van der Waals surface area (Å²) >= 11 is 0. The summed E-state index contributed by atoms with van der Waals surface area (Å²) in [5.74, 6) is 0.212. The lowest BCUT2D eigenvalue weighted by molar-refractivity contribution is 0.897. The van der Waals surface area contributed by atoms with Gasteiger partial charge in [-0.2, -0.15) is 5.10 Å². The average Bonchev–Trinajstić information content (AvgIpc) is 2.44. The van der Waals surface area contributed by atoms with Gasteiger partial charge in [0.25, 0.3) is 5.56 Å². The summed E-state index contributed by atoms with van der Waals surface area (Å²) in [7, 11) is 0. The van der Waals surface area contributed by atoms with E-state index in [1.807, 2.05) is 43.3 Å². The molecule has 2 rings (SSSR count). The van der Waals surface area contributed by atoms with Crippen LogP contribution in [-0.4, -0.2) is 21.4 Å². The minimum atomic E-state index is -0.283. The molecule has 2 aromatic rings. The number of nitrogens with one attached hydrogen (secondary N) is 2. The highest BCUT2D eigenvalue weighted by Crippen LogP contribution is 2.04. The van der Waals surface area contributed by atoms with Crippen LogP contribution < -0.4 is 11.0 Å². The fourth-order valence-corrected chi connectivity index (χ4v) is 1.49. The molecule has 1 aromatic carbocycles. The highest BCUT2D eigenvalue weighted by Gasteiger charge is 1.97. The van der Waals surface area contributed by atoms with E-state index in [9.17, 15) is 4.79 Å². The number of anilines is 1. The number of aromatic nitrogens is 3. The minimum Gasteiger partial charge on any atom is -0.288 e. The van der Waals surface area contributed by atoms with E-state index in [-0.39, 0.29) is 11.5 Å². The Kier molecular flexibility index (Phi) is 4.39. The topological polar surface area (TPSA) is 83.0 Å². The molecule has 0 aliphatic heterocycles. The highest BCUT2D eigenvalue weighted by molar-refractivity contribution is 5.85. The van der Waals surface area contributed by atoms with Crippen molar-refractivity contribution in [3.8, 4) is 0 Å². The van der Waals surface area contributed by atoms with Gasteiger partial charge in [-0.1, -0.05) is 36.4 Å². The van der Waals surface area contributed by atoms with E-state index in [4.69, 9.17) is 0 Å². The molecule has 6 heteroatoms. The molecule has 0 saturated carbocycles. The lowest BCUT2D eigenvalue weighted by Gasteiger charge is -1.98. The van der Waals surface area contributed by atoms with Crippen molar-refractivity contribution < 1.29 is 0 Å². The first-order chi connectivity index (χ1) is 9.65. The van der Waals surface area contributed by atoms with E-state index >= 15 is 0 Å². The molecule has 0 bridgehead atoms. The van der Waals surface area contributed by atoms with Gasteiger partial charge >= 0.3 is 0 Å². The van der Waals surface area contributed by atoms with Crippen LogP contribution >= 0.6 is 0 Å². The standard InChI is InChI=1S/C14H15N5O/c1-10(8-12-6-4-3-5-7-12)9-15-18-14-16-13(20)11(2)17-19-14/h3-9H,1-2H3,(H2,16,18,19,20)/b10-8+,15-9+. The molecule has 0 unspecified atom stereocenters. The van der Waals surface area contributed by atoms with Gasteiger partial charge in [-0.25, -0.2) is 5.43 Å². The van der Waals surface area contributed by atoms with Crippen molar-refractivity contribution in [2.24, 2.45) is 5.10 Å². The third-order valence-corrected chi connectivity index (χ3v) is 2.49. The average molecular weight is 269 g/mol. The van der Waals surface area contributed by atoms with Gasteiger partial charge < -0.3 is 0 Å². The number of aromatic amines is 1. The van der Waals surface area contributed by atoms with Crippen molar-refractivity contribution in [3.05, 3.63) is 57.5 Å². The van der Waals surface area contributed by atoms with Crippen molar-refractivity contribution in [2.45, 2.75) is 13.8 Å². The molecule has 0 radical (unpaired) electrons. The second-order valence-electron chi connectivity index (χ2n) is 4.26. The predicted molar refractivity (Wildman–Crippen MR) is 79.6 cm³/mol. The zero-order valence-corrected chi connectivity index (χ0v) is 11.3. The Morgan fingerprint density at radius 3 is 2.75 bits per heavy atom. The molecular weight excluding hydrogens is 254 g/mol. The van der Waals surface area contributed by atoms with Crippen LogP contribution in [0.3, 0.4) is 0 Å². The van der Waals surface area contributed by atoms with E-state index in [0.29, 0.717) is 5.69 Å². The molecule has 6 nitrogen and oxygen atoms in total. The molecule has 0 atom stereocenters. The smallest absolute Gasteiger partial charge is 0.274 e. The first-order valence-electron chi connectivity index (χ1n) is 6.11. The second-order valence-corrected chi connectivity index (χ2v) is 4.26. The quantitative estimate of drug-likeness (QED) is 0.656. The molecule has 0 aliphatic carbocycles. The fraction of sp³-hybridized carbons (Fsp3) is 0.143. The number of nitrogens with zero attached hydrogens (tertiary/aromatic N) is 3. The van der Waals surface area contributed by atoms with E-state index in [1.54, 1.807) is 13.1 Å². The number of aryl methyl sites for hydroxylation is 1. The monoisotopic (exact) mass is 269 g/mol. The van der Waals surface area contributed by atoms with Crippen molar-refractivity contribution in [2.75, 3.05) is 5.43 Å². The number of hydrogen-bond donors (Lipinski definition) is 2. The summed E-state index contributed by atoms with van der Waals surface area (Å²) < 4.78 is 0. The van der Waals surface area contributed by atoms with Crippen molar-refractivity contribution in [1.29, 1.82) is 0 Å². The van der Waals surface area contributed by atoms with Crippen molar-refractivity contribution >= 4 is 18.2 Å². The Labute approximate surface area is 116 Å². The van der Waals surface area contributed by atoms with Gasteiger partial charge in [0.05, 0.1) is 6.21 Å². The summed E-state index contributed by atoms with van der Waals surface area (Å²) in [5, 5.41) is 11.5. The van der Waals surface area contributed by atoms with Gasteiger partial charge in [-0.15, -0.1) is 10.2 Å². The van der Waals surface area contributed by atoms with E-state index in [1.165, 1.54) is 0 Å². The zero-order valence-electron chi connectivity index (χ0n) is 11.3. The first-order valence-corrected chi connectivity index (χ1v) is 6.11. The summed E-state index contributed by atoms with van der Waals surface area (Å²) in [6, 6.07) is 9.93.